The molecule has 2 aliphatic rings. The van der Waals surface area contributed by atoms with Crippen LogP contribution in [0.2, 0.25) is 0 Å². The number of hydrogen-bond donors (Lipinski definition) is 1. The Balaban J connectivity index is 1.91. The molecule has 25 heavy (non-hydrogen) atoms. The molecular weight excluding hydrogens is 350 g/mol. The predicted molar refractivity (Wildman–Crippen MR) is 76.5 cm³/mol. The fourth-order valence-corrected chi connectivity index (χ4v) is 3.30. The summed E-state index contributed by atoms with van der Waals surface area (Å²) in [5.41, 5.74) is 2.37. The van der Waals surface area contributed by atoms with Gasteiger partial charge < -0.3 is 10.6 Å². The van der Waals surface area contributed by atoms with Crippen LogP contribution in [0.3, 0.4) is 0 Å². The zero-order valence-corrected chi connectivity index (χ0v) is 13.0. The van der Waals surface area contributed by atoms with Crippen LogP contribution in [0.4, 0.5) is 26.3 Å². The van der Waals surface area contributed by atoms with E-state index in [1.165, 1.54) is 4.90 Å². The number of carbonyl (C=O) groups excluding carboxylic acids is 1. The molecule has 1 heterocycles. The summed E-state index contributed by atoms with van der Waals surface area (Å²) in [5, 5.41) is 0. The second-order valence-corrected chi connectivity index (χ2v) is 6.67. The summed E-state index contributed by atoms with van der Waals surface area (Å²) in [7, 11) is 0. The standard InChI is InChI=1S/C16H16F6N2O/c17-15(18,19)10-3-9(4-11(5-10)16(20,21)22)14(25)24-6-12(8-1-2-8)13(23)7-24/h3-5,8,12-13H,1-2,6-7,23H2/t12-,13+/m0/s1. The second-order valence-electron chi connectivity index (χ2n) is 6.67. The Morgan fingerprint density at radius 2 is 1.48 bits per heavy atom. The van der Waals surface area contributed by atoms with Crippen molar-refractivity contribution < 1.29 is 31.1 Å². The minimum absolute atomic E-state index is 0.0134. The van der Waals surface area contributed by atoms with Gasteiger partial charge in [0.25, 0.3) is 5.91 Å². The predicted octanol–water partition coefficient (Wildman–Crippen LogP) is 3.53. The summed E-state index contributed by atoms with van der Waals surface area (Å²) < 4.78 is 77.4. The number of amides is 1. The number of rotatable bonds is 2. The first-order chi connectivity index (χ1) is 11.5. The monoisotopic (exact) mass is 366 g/mol. The number of nitrogens with two attached hydrogens (primary N) is 1. The van der Waals surface area contributed by atoms with E-state index in [1.807, 2.05) is 0 Å². The van der Waals surface area contributed by atoms with Gasteiger partial charge in [-0.2, -0.15) is 26.3 Å². The van der Waals surface area contributed by atoms with Gasteiger partial charge in [0, 0.05) is 24.7 Å². The molecule has 138 valence electrons. The van der Waals surface area contributed by atoms with Gasteiger partial charge in [-0.1, -0.05) is 0 Å². The van der Waals surface area contributed by atoms with Crippen molar-refractivity contribution >= 4 is 5.91 Å². The molecule has 0 bridgehead atoms. The normalized spacial score (nSPS) is 24.7. The van der Waals surface area contributed by atoms with Crippen molar-refractivity contribution in [3.63, 3.8) is 0 Å². The maximum Gasteiger partial charge on any atom is 0.416 e. The molecule has 2 fully saturated rings. The molecular formula is C16H16F6N2O. The summed E-state index contributed by atoms with van der Waals surface area (Å²) in [6.45, 7) is 0.403. The molecule has 0 unspecified atom stereocenters. The van der Waals surface area contributed by atoms with Gasteiger partial charge in [-0.15, -0.1) is 0 Å². The Bertz CT molecular complexity index is 648. The van der Waals surface area contributed by atoms with Crippen molar-refractivity contribution in [2.45, 2.75) is 31.2 Å². The largest absolute Gasteiger partial charge is 0.416 e. The average Bonchev–Trinajstić information content (AvgIpc) is 3.27. The lowest BCUT2D eigenvalue weighted by Gasteiger charge is -2.19. The SMILES string of the molecule is N[C@@H]1CN(C(=O)c2cc(C(F)(F)F)cc(C(F)(F)F)c2)C[C@H]1C1CC1. The van der Waals surface area contributed by atoms with Gasteiger partial charge in [0.05, 0.1) is 11.1 Å². The van der Waals surface area contributed by atoms with Crippen LogP contribution in [0.5, 0.6) is 0 Å². The smallest absolute Gasteiger partial charge is 0.337 e. The first kappa shape index (κ1) is 18.0. The van der Waals surface area contributed by atoms with Gasteiger partial charge in [-0.05, 0) is 42.9 Å². The van der Waals surface area contributed by atoms with Crippen LogP contribution < -0.4 is 5.73 Å². The highest BCUT2D eigenvalue weighted by atomic mass is 19.4. The van der Waals surface area contributed by atoms with Crippen molar-refractivity contribution in [1.29, 1.82) is 0 Å². The quantitative estimate of drug-likeness (QED) is 0.814. The third-order valence-corrected chi connectivity index (χ3v) is 4.76. The van der Waals surface area contributed by atoms with Crippen molar-refractivity contribution in [1.82, 2.24) is 4.90 Å². The van der Waals surface area contributed by atoms with Crippen molar-refractivity contribution in [3.05, 3.63) is 34.9 Å². The molecule has 1 aliphatic carbocycles. The molecule has 2 atom stereocenters. The number of benzene rings is 1. The van der Waals surface area contributed by atoms with Crippen molar-refractivity contribution in [3.8, 4) is 0 Å². The molecule has 0 aromatic heterocycles. The Hall–Kier alpha value is -1.77. The van der Waals surface area contributed by atoms with E-state index in [4.69, 9.17) is 5.73 Å². The highest BCUT2D eigenvalue weighted by Crippen LogP contribution is 2.41. The molecule has 1 saturated carbocycles. The van der Waals surface area contributed by atoms with Crippen LogP contribution in [0.1, 0.15) is 34.3 Å². The topological polar surface area (TPSA) is 46.3 Å². The number of carbonyl (C=O) groups is 1. The lowest BCUT2D eigenvalue weighted by molar-refractivity contribution is -0.143. The summed E-state index contributed by atoms with van der Waals surface area (Å²) in [4.78, 5) is 13.7. The van der Waals surface area contributed by atoms with E-state index >= 15 is 0 Å². The highest BCUT2D eigenvalue weighted by molar-refractivity contribution is 5.95. The van der Waals surface area contributed by atoms with E-state index in [9.17, 15) is 31.1 Å². The van der Waals surface area contributed by atoms with Gasteiger partial charge in [0.15, 0.2) is 0 Å². The van der Waals surface area contributed by atoms with E-state index in [0.29, 0.717) is 18.1 Å². The van der Waals surface area contributed by atoms with Gasteiger partial charge in [0.2, 0.25) is 0 Å². The Morgan fingerprint density at radius 1 is 0.960 bits per heavy atom. The molecule has 1 aliphatic heterocycles. The first-order valence-corrected chi connectivity index (χ1v) is 7.81. The van der Waals surface area contributed by atoms with Crippen LogP contribution in [0, 0.1) is 11.8 Å². The molecule has 1 saturated heterocycles. The van der Waals surface area contributed by atoms with Crippen LogP contribution in [0.15, 0.2) is 18.2 Å². The Labute approximate surface area is 139 Å². The maximum atomic E-state index is 12.9. The van der Waals surface area contributed by atoms with Gasteiger partial charge in [-0.3, -0.25) is 4.79 Å². The summed E-state index contributed by atoms with van der Waals surface area (Å²) >= 11 is 0. The lowest BCUT2D eigenvalue weighted by Crippen LogP contribution is -2.32. The molecule has 9 heteroatoms. The lowest BCUT2D eigenvalue weighted by atomic mass is 9.99. The second kappa shape index (κ2) is 5.89. The van der Waals surface area contributed by atoms with Crippen LogP contribution in [0.25, 0.3) is 0 Å². The first-order valence-electron chi connectivity index (χ1n) is 7.81. The molecule has 3 nitrogen and oxygen atoms in total. The number of alkyl halides is 6. The Kier molecular flexibility index (Phi) is 4.25. The molecule has 1 aromatic carbocycles. The Morgan fingerprint density at radius 3 is 1.92 bits per heavy atom. The number of nitrogens with zero attached hydrogens (tertiary/aromatic N) is 1. The summed E-state index contributed by atoms with van der Waals surface area (Å²) in [5.74, 6) is -0.410. The van der Waals surface area contributed by atoms with E-state index in [0.717, 1.165) is 12.8 Å². The highest BCUT2D eigenvalue weighted by Gasteiger charge is 2.43. The fraction of sp³-hybridized carbons (Fsp3) is 0.562. The van der Waals surface area contributed by atoms with Crippen LogP contribution in [-0.4, -0.2) is 29.9 Å². The van der Waals surface area contributed by atoms with Crippen LogP contribution in [-0.2, 0) is 12.4 Å². The molecule has 2 N–H and O–H groups in total. The molecule has 0 spiro atoms. The van der Waals surface area contributed by atoms with E-state index in [2.05, 4.69) is 0 Å². The zero-order valence-electron chi connectivity index (χ0n) is 13.0. The molecule has 3 rings (SSSR count). The third kappa shape index (κ3) is 3.75. The zero-order chi connectivity index (χ0) is 18.6. The number of halogens is 6. The van der Waals surface area contributed by atoms with Crippen LogP contribution >= 0.6 is 0 Å². The molecule has 1 amide bonds. The van der Waals surface area contributed by atoms with E-state index in [1.54, 1.807) is 0 Å². The van der Waals surface area contributed by atoms with E-state index in [-0.39, 0.29) is 31.1 Å². The summed E-state index contributed by atoms with van der Waals surface area (Å²) in [6.07, 6.45) is -7.98. The van der Waals surface area contributed by atoms with Gasteiger partial charge in [-0.25, -0.2) is 0 Å². The summed E-state index contributed by atoms with van der Waals surface area (Å²) in [6, 6.07) is 0.643. The molecule has 0 radical (unpaired) electrons. The van der Waals surface area contributed by atoms with Gasteiger partial charge in [0.1, 0.15) is 0 Å². The van der Waals surface area contributed by atoms with Crippen molar-refractivity contribution in [2.24, 2.45) is 17.6 Å². The minimum atomic E-state index is -4.98. The number of likely N-dealkylation sites (tertiary alicyclic amines) is 1. The average molecular weight is 366 g/mol. The van der Waals surface area contributed by atoms with Gasteiger partial charge >= 0.3 is 12.4 Å². The number of hydrogen-bond acceptors (Lipinski definition) is 2. The van der Waals surface area contributed by atoms with Crippen molar-refractivity contribution in [2.75, 3.05) is 13.1 Å². The fourth-order valence-electron chi connectivity index (χ4n) is 3.30. The maximum absolute atomic E-state index is 12.9. The van der Waals surface area contributed by atoms with E-state index < -0.39 is 35.0 Å². The third-order valence-electron chi connectivity index (χ3n) is 4.76. The molecule has 1 aromatic rings. The minimum Gasteiger partial charge on any atom is -0.337 e.